The fraction of sp³-hybridized carbons (Fsp3) is 0.208. The van der Waals surface area contributed by atoms with Gasteiger partial charge in [0.1, 0.15) is 5.75 Å². The molecule has 0 aliphatic rings. The first-order valence-corrected chi connectivity index (χ1v) is 12.2. The lowest BCUT2D eigenvalue weighted by molar-refractivity contribution is 0.417. The van der Waals surface area contributed by atoms with Crippen molar-refractivity contribution < 1.29 is 13.2 Å². The third kappa shape index (κ3) is 6.45. The molecule has 168 valence electrons. The van der Waals surface area contributed by atoms with E-state index in [4.69, 9.17) is 17.0 Å². The number of thiocarbonyl (C=S) groups is 1. The lowest BCUT2D eigenvalue weighted by Crippen LogP contribution is -2.19. The zero-order valence-corrected chi connectivity index (χ0v) is 19.7. The average Bonchev–Trinajstić information content (AvgIpc) is 2.79. The van der Waals surface area contributed by atoms with Crippen molar-refractivity contribution in [2.75, 3.05) is 22.5 Å². The van der Waals surface area contributed by atoms with Gasteiger partial charge in [0.05, 0.1) is 17.7 Å². The van der Waals surface area contributed by atoms with Gasteiger partial charge in [0.25, 0.3) is 10.0 Å². The van der Waals surface area contributed by atoms with Crippen molar-refractivity contribution in [1.82, 2.24) is 0 Å². The van der Waals surface area contributed by atoms with Crippen molar-refractivity contribution in [1.29, 1.82) is 0 Å². The molecule has 6 nitrogen and oxygen atoms in total. The SMILES string of the molecule is CCCCc1ccc(NC(=S)Nc2ccc(S(=O)(=O)Nc3ccccc3OC)cc2)cc1. The van der Waals surface area contributed by atoms with Crippen LogP contribution >= 0.6 is 12.2 Å². The number of unbranched alkanes of at least 4 members (excludes halogenated alkanes) is 1. The smallest absolute Gasteiger partial charge is 0.262 e. The summed E-state index contributed by atoms with van der Waals surface area (Å²) in [6.07, 6.45) is 3.41. The zero-order valence-electron chi connectivity index (χ0n) is 18.1. The summed E-state index contributed by atoms with van der Waals surface area (Å²) in [6.45, 7) is 2.18. The third-order valence-corrected chi connectivity index (χ3v) is 6.39. The highest BCUT2D eigenvalue weighted by Gasteiger charge is 2.16. The van der Waals surface area contributed by atoms with Gasteiger partial charge in [-0.2, -0.15) is 0 Å². The Morgan fingerprint density at radius 1 is 0.906 bits per heavy atom. The third-order valence-electron chi connectivity index (χ3n) is 4.80. The van der Waals surface area contributed by atoms with E-state index in [0.717, 1.165) is 12.1 Å². The lowest BCUT2D eigenvalue weighted by atomic mass is 10.1. The molecule has 32 heavy (non-hydrogen) atoms. The standard InChI is InChI=1S/C24H27N3O3S2/c1-3-4-7-18-10-12-19(13-11-18)25-24(31)26-20-14-16-21(17-15-20)32(28,29)27-22-8-5-6-9-23(22)30-2/h5-6,8-17,27H,3-4,7H2,1-2H3,(H2,25,26,31). The highest BCUT2D eigenvalue weighted by atomic mass is 32.2. The van der Waals surface area contributed by atoms with Crippen LogP contribution in [0.5, 0.6) is 5.75 Å². The first-order chi connectivity index (χ1) is 15.4. The van der Waals surface area contributed by atoms with E-state index in [1.54, 1.807) is 36.4 Å². The van der Waals surface area contributed by atoms with Crippen LogP contribution in [0.15, 0.2) is 77.7 Å². The number of rotatable bonds is 9. The largest absolute Gasteiger partial charge is 0.495 e. The molecule has 0 bridgehead atoms. The van der Waals surface area contributed by atoms with E-state index >= 15 is 0 Å². The predicted molar refractivity (Wildman–Crippen MR) is 135 cm³/mol. The van der Waals surface area contributed by atoms with Gasteiger partial charge in [-0.05, 0) is 79.2 Å². The van der Waals surface area contributed by atoms with Crippen molar-refractivity contribution in [3.63, 3.8) is 0 Å². The maximum Gasteiger partial charge on any atom is 0.262 e. The van der Waals surface area contributed by atoms with E-state index in [9.17, 15) is 8.42 Å². The molecule has 0 amide bonds. The van der Waals surface area contributed by atoms with Gasteiger partial charge < -0.3 is 15.4 Å². The number of benzene rings is 3. The first-order valence-electron chi connectivity index (χ1n) is 10.3. The molecule has 0 aliphatic carbocycles. The Kier molecular flexibility index (Phi) is 8.08. The number of hydrogen-bond acceptors (Lipinski definition) is 4. The van der Waals surface area contributed by atoms with Crippen LogP contribution in [0.3, 0.4) is 0 Å². The van der Waals surface area contributed by atoms with E-state index < -0.39 is 10.0 Å². The summed E-state index contributed by atoms with van der Waals surface area (Å²) in [4.78, 5) is 0.135. The molecule has 3 aromatic carbocycles. The maximum atomic E-state index is 12.7. The molecular weight excluding hydrogens is 442 g/mol. The van der Waals surface area contributed by atoms with Crippen LogP contribution in [0.2, 0.25) is 0 Å². The van der Waals surface area contributed by atoms with Crippen molar-refractivity contribution in [2.24, 2.45) is 0 Å². The minimum Gasteiger partial charge on any atom is -0.495 e. The van der Waals surface area contributed by atoms with Crippen LogP contribution in [0.25, 0.3) is 0 Å². The molecule has 0 atom stereocenters. The summed E-state index contributed by atoms with van der Waals surface area (Å²) in [5.41, 5.74) is 3.25. The van der Waals surface area contributed by atoms with Gasteiger partial charge in [0, 0.05) is 11.4 Å². The van der Waals surface area contributed by atoms with Crippen LogP contribution in [-0.4, -0.2) is 20.6 Å². The van der Waals surface area contributed by atoms with Gasteiger partial charge >= 0.3 is 0 Å². The second-order valence-electron chi connectivity index (χ2n) is 7.21. The van der Waals surface area contributed by atoms with Crippen LogP contribution in [0.1, 0.15) is 25.3 Å². The molecule has 0 aromatic heterocycles. The summed E-state index contributed by atoms with van der Waals surface area (Å²) in [7, 11) is -2.27. The molecule has 0 fully saturated rings. The van der Waals surface area contributed by atoms with Gasteiger partial charge in [0.2, 0.25) is 0 Å². The van der Waals surface area contributed by atoms with Gasteiger partial charge in [0.15, 0.2) is 5.11 Å². The molecular formula is C24H27N3O3S2. The van der Waals surface area contributed by atoms with E-state index in [1.807, 2.05) is 12.1 Å². The summed E-state index contributed by atoms with van der Waals surface area (Å²) in [5, 5.41) is 6.64. The zero-order chi connectivity index (χ0) is 23.0. The second kappa shape index (κ2) is 11.0. The Morgan fingerprint density at radius 3 is 2.09 bits per heavy atom. The number of para-hydroxylation sites is 2. The van der Waals surface area contributed by atoms with Crippen LogP contribution in [0.4, 0.5) is 17.1 Å². The number of anilines is 3. The maximum absolute atomic E-state index is 12.7. The number of nitrogens with one attached hydrogen (secondary N) is 3. The molecule has 0 aliphatic heterocycles. The fourth-order valence-corrected chi connectivity index (χ4v) is 4.39. The van der Waals surface area contributed by atoms with Gasteiger partial charge in [-0.1, -0.05) is 37.6 Å². The van der Waals surface area contributed by atoms with Gasteiger partial charge in [-0.15, -0.1) is 0 Å². The van der Waals surface area contributed by atoms with E-state index in [0.29, 0.717) is 22.2 Å². The Labute approximate surface area is 195 Å². The number of sulfonamides is 1. The molecule has 8 heteroatoms. The summed E-state index contributed by atoms with van der Waals surface area (Å²) in [5.74, 6) is 0.448. The highest BCUT2D eigenvalue weighted by molar-refractivity contribution is 7.92. The Bertz CT molecular complexity index is 1150. The molecule has 0 saturated carbocycles. The van der Waals surface area contributed by atoms with E-state index in [-0.39, 0.29) is 4.90 Å². The quantitative estimate of drug-likeness (QED) is 0.352. The Hall–Kier alpha value is -3.10. The monoisotopic (exact) mass is 469 g/mol. The second-order valence-corrected chi connectivity index (χ2v) is 9.30. The molecule has 3 N–H and O–H groups in total. The topological polar surface area (TPSA) is 79.5 Å². The average molecular weight is 470 g/mol. The number of methoxy groups -OCH3 is 1. The molecule has 0 saturated heterocycles. The summed E-state index contributed by atoms with van der Waals surface area (Å²) >= 11 is 5.37. The first kappa shape index (κ1) is 23.6. The van der Waals surface area contributed by atoms with Crippen LogP contribution in [0, 0.1) is 0 Å². The van der Waals surface area contributed by atoms with Crippen molar-refractivity contribution in [3.8, 4) is 5.75 Å². The van der Waals surface area contributed by atoms with E-state index in [2.05, 4.69) is 34.4 Å². The molecule has 0 radical (unpaired) electrons. The normalized spacial score (nSPS) is 10.9. The minimum absolute atomic E-state index is 0.135. The number of ether oxygens (including phenoxy) is 1. The molecule has 0 unspecified atom stereocenters. The minimum atomic E-state index is -3.76. The Morgan fingerprint density at radius 2 is 1.50 bits per heavy atom. The van der Waals surface area contributed by atoms with Gasteiger partial charge in [-0.3, -0.25) is 4.72 Å². The number of aryl methyl sites for hydroxylation is 1. The lowest BCUT2D eigenvalue weighted by Gasteiger charge is -2.13. The van der Waals surface area contributed by atoms with Crippen LogP contribution in [-0.2, 0) is 16.4 Å². The number of hydrogen-bond donors (Lipinski definition) is 3. The van der Waals surface area contributed by atoms with Gasteiger partial charge in [-0.25, -0.2) is 8.42 Å². The molecule has 0 spiro atoms. The Balaban J connectivity index is 1.60. The van der Waals surface area contributed by atoms with Crippen LogP contribution < -0.4 is 20.1 Å². The fourth-order valence-electron chi connectivity index (χ4n) is 3.08. The summed E-state index contributed by atoms with van der Waals surface area (Å²) in [6, 6.07) is 21.4. The molecule has 3 aromatic rings. The molecule has 0 heterocycles. The van der Waals surface area contributed by atoms with Crippen molar-refractivity contribution in [2.45, 2.75) is 31.1 Å². The van der Waals surface area contributed by atoms with E-state index in [1.165, 1.54) is 37.6 Å². The predicted octanol–water partition coefficient (Wildman–Crippen LogP) is 5.65. The van der Waals surface area contributed by atoms with Crippen molar-refractivity contribution >= 4 is 44.4 Å². The van der Waals surface area contributed by atoms with Crippen molar-refractivity contribution in [3.05, 3.63) is 78.4 Å². The highest BCUT2D eigenvalue weighted by Crippen LogP contribution is 2.26. The molecule has 3 rings (SSSR count). The summed E-state index contributed by atoms with van der Waals surface area (Å²) < 4.78 is 33.2.